The van der Waals surface area contributed by atoms with Crippen molar-refractivity contribution in [2.24, 2.45) is 5.92 Å². The van der Waals surface area contributed by atoms with Gasteiger partial charge >= 0.3 is 5.97 Å². The number of nitrogens with one attached hydrogen (secondary N) is 1. The van der Waals surface area contributed by atoms with E-state index >= 15 is 0 Å². The summed E-state index contributed by atoms with van der Waals surface area (Å²) in [6.07, 6.45) is 4.15. The van der Waals surface area contributed by atoms with Gasteiger partial charge in [0.25, 0.3) is 5.91 Å². The van der Waals surface area contributed by atoms with Crippen molar-refractivity contribution in [3.05, 3.63) is 17.7 Å². The molecule has 1 fully saturated rings. The van der Waals surface area contributed by atoms with Crippen LogP contribution in [0.15, 0.2) is 12.1 Å². The van der Waals surface area contributed by atoms with E-state index in [9.17, 15) is 9.59 Å². The van der Waals surface area contributed by atoms with E-state index in [4.69, 9.17) is 18.9 Å². The average molecular weight is 408 g/mol. The number of carbonyl (C=O) groups excluding carboxylic acids is 2. The molecule has 0 unspecified atom stereocenters. The quantitative estimate of drug-likeness (QED) is 0.595. The molecule has 0 spiro atoms. The van der Waals surface area contributed by atoms with Crippen LogP contribution in [-0.2, 0) is 9.53 Å². The summed E-state index contributed by atoms with van der Waals surface area (Å²) in [5.74, 6) is 1.10. The number of hydrogen-bond donors (Lipinski definition) is 1. The number of amides is 1. The molecule has 1 saturated carbocycles. The molecule has 2 rings (SSSR count). The van der Waals surface area contributed by atoms with Gasteiger partial charge in [-0.3, -0.25) is 4.79 Å². The highest BCUT2D eigenvalue weighted by atomic mass is 16.5. The van der Waals surface area contributed by atoms with Crippen LogP contribution in [0.25, 0.3) is 0 Å². The topological polar surface area (TPSA) is 83.1 Å². The van der Waals surface area contributed by atoms with E-state index in [0.29, 0.717) is 43.0 Å². The summed E-state index contributed by atoms with van der Waals surface area (Å²) in [7, 11) is 0. The molecule has 1 aromatic rings. The highest BCUT2D eigenvalue weighted by molar-refractivity contribution is 5.92. The van der Waals surface area contributed by atoms with Gasteiger partial charge < -0.3 is 24.3 Å². The lowest BCUT2D eigenvalue weighted by molar-refractivity contribution is -0.125. The van der Waals surface area contributed by atoms with Crippen LogP contribution in [0.1, 0.15) is 63.7 Å². The first kappa shape index (κ1) is 22.8. The molecule has 0 radical (unpaired) electrons. The molecule has 1 aliphatic carbocycles. The first-order valence-corrected chi connectivity index (χ1v) is 10.5. The SMILES string of the molecule is CCOc1cc(C(=O)OCC(=O)NC2CCC(C)CC2)cc(OCC)c1OCC. The van der Waals surface area contributed by atoms with Crippen molar-refractivity contribution >= 4 is 11.9 Å². The zero-order valence-corrected chi connectivity index (χ0v) is 17.9. The van der Waals surface area contributed by atoms with Crippen LogP contribution in [-0.4, -0.2) is 44.3 Å². The maximum atomic E-state index is 12.5. The zero-order chi connectivity index (χ0) is 21.2. The van der Waals surface area contributed by atoms with Crippen molar-refractivity contribution in [2.75, 3.05) is 26.4 Å². The molecule has 29 heavy (non-hydrogen) atoms. The van der Waals surface area contributed by atoms with Crippen molar-refractivity contribution in [3.8, 4) is 17.2 Å². The second kappa shape index (κ2) is 11.5. The summed E-state index contributed by atoms with van der Waals surface area (Å²) < 4.78 is 22.1. The molecule has 0 aliphatic heterocycles. The lowest BCUT2D eigenvalue weighted by Gasteiger charge is -2.26. The highest BCUT2D eigenvalue weighted by Gasteiger charge is 2.22. The molecule has 7 heteroatoms. The van der Waals surface area contributed by atoms with Crippen LogP contribution in [0.2, 0.25) is 0 Å². The van der Waals surface area contributed by atoms with Gasteiger partial charge in [-0.25, -0.2) is 4.79 Å². The van der Waals surface area contributed by atoms with E-state index in [1.54, 1.807) is 12.1 Å². The van der Waals surface area contributed by atoms with Crippen molar-refractivity contribution < 1.29 is 28.5 Å². The smallest absolute Gasteiger partial charge is 0.338 e. The summed E-state index contributed by atoms with van der Waals surface area (Å²) in [5.41, 5.74) is 0.250. The van der Waals surface area contributed by atoms with Crippen LogP contribution >= 0.6 is 0 Å². The number of esters is 1. The predicted molar refractivity (Wildman–Crippen MR) is 110 cm³/mol. The molecular weight excluding hydrogens is 374 g/mol. The minimum Gasteiger partial charge on any atom is -0.490 e. The van der Waals surface area contributed by atoms with Gasteiger partial charge in [-0.2, -0.15) is 0 Å². The summed E-state index contributed by atoms with van der Waals surface area (Å²) in [6, 6.07) is 3.27. The Labute approximate surface area is 173 Å². The lowest BCUT2D eigenvalue weighted by Crippen LogP contribution is -2.39. The Kier molecular flexibility index (Phi) is 9.09. The summed E-state index contributed by atoms with van der Waals surface area (Å²) in [4.78, 5) is 24.7. The third-order valence-corrected chi connectivity index (χ3v) is 4.86. The summed E-state index contributed by atoms with van der Waals surface area (Å²) in [5, 5.41) is 2.95. The predicted octanol–water partition coefficient (Wildman–Crippen LogP) is 3.73. The van der Waals surface area contributed by atoms with Crippen molar-refractivity contribution in [1.82, 2.24) is 5.32 Å². The normalized spacial score (nSPS) is 18.6. The Bertz CT molecular complexity index is 655. The molecule has 0 saturated heterocycles. The number of rotatable bonds is 10. The number of benzene rings is 1. The van der Waals surface area contributed by atoms with Gasteiger partial charge in [0.1, 0.15) is 0 Å². The Hall–Kier alpha value is -2.44. The Balaban J connectivity index is 2.02. The van der Waals surface area contributed by atoms with Gasteiger partial charge in [-0.1, -0.05) is 6.92 Å². The van der Waals surface area contributed by atoms with Gasteiger partial charge in [0.2, 0.25) is 5.75 Å². The number of carbonyl (C=O) groups is 2. The fourth-order valence-electron chi connectivity index (χ4n) is 3.39. The Morgan fingerprint density at radius 3 is 2.00 bits per heavy atom. The third-order valence-electron chi connectivity index (χ3n) is 4.86. The van der Waals surface area contributed by atoms with E-state index in [1.165, 1.54) is 0 Å². The van der Waals surface area contributed by atoms with E-state index in [1.807, 2.05) is 20.8 Å². The van der Waals surface area contributed by atoms with Gasteiger partial charge in [-0.15, -0.1) is 0 Å². The van der Waals surface area contributed by atoms with Crippen LogP contribution in [0.3, 0.4) is 0 Å². The van der Waals surface area contributed by atoms with Crippen molar-refractivity contribution in [2.45, 2.75) is 59.4 Å². The van der Waals surface area contributed by atoms with E-state index < -0.39 is 5.97 Å². The monoisotopic (exact) mass is 407 g/mol. The zero-order valence-electron chi connectivity index (χ0n) is 17.9. The van der Waals surface area contributed by atoms with Gasteiger partial charge in [0.05, 0.1) is 25.4 Å². The van der Waals surface area contributed by atoms with E-state index in [-0.39, 0.29) is 24.1 Å². The van der Waals surface area contributed by atoms with Crippen LogP contribution in [0, 0.1) is 5.92 Å². The minimum absolute atomic E-state index is 0.164. The van der Waals surface area contributed by atoms with Crippen molar-refractivity contribution in [1.29, 1.82) is 0 Å². The van der Waals surface area contributed by atoms with Crippen molar-refractivity contribution in [3.63, 3.8) is 0 Å². The standard InChI is InChI=1S/C22H33NO6/c1-5-26-18-12-16(13-19(27-6-2)21(18)28-7-3)22(25)29-14-20(24)23-17-10-8-15(4)9-11-17/h12-13,15,17H,5-11,14H2,1-4H3,(H,23,24). The molecule has 0 heterocycles. The largest absolute Gasteiger partial charge is 0.490 e. The summed E-state index contributed by atoms with van der Waals surface area (Å²) >= 11 is 0. The lowest BCUT2D eigenvalue weighted by atomic mass is 9.87. The molecule has 1 amide bonds. The minimum atomic E-state index is -0.609. The second-order valence-electron chi connectivity index (χ2n) is 7.20. The number of hydrogen-bond acceptors (Lipinski definition) is 6. The molecule has 1 aromatic carbocycles. The van der Waals surface area contributed by atoms with Gasteiger partial charge in [0.15, 0.2) is 18.1 Å². The molecular formula is C22H33NO6. The summed E-state index contributed by atoms with van der Waals surface area (Å²) in [6.45, 7) is 8.72. The second-order valence-corrected chi connectivity index (χ2v) is 7.20. The first-order chi connectivity index (χ1) is 14.0. The van der Waals surface area contributed by atoms with Crippen LogP contribution in [0.5, 0.6) is 17.2 Å². The molecule has 0 bridgehead atoms. The first-order valence-electron chi connectivity index (χ1n) is 10.5. The maximum Gasteiger partial charge on any atom is 0.338 e. The van der Waals surface area contributed by atoms with Gasteiger partial charge in [-0.05, 0) is 64.5 Å². The van der Waals surface area contributed by atoms with Crippen LogP contribution < -0.4 is 19.5 Å². The van der Waals surface area contributed by atoms with Gasteiger partial charge in [0, 0.05) is 6.04 Å². The highest BCUT2D eigenvalue weighted by Crippen LogP contribution is 2.39. The van der Waals surface area contributed by atoms with Crippen LogP contribution in [0.4, 0.5) is 0 Å². The third kappa shape index (κ3) is 6.84. The number of ether oxygens (including phenoxy) is 4. The Morgan fingerprint density at radius 1 is 0.931 bits per heavy atom. The average Bonchev–Trinajstić information content (AvgIpc) is 2.70. The molecule has 1 N–H and O–H groups in total. The molecule has 7 nitrogen and oxygen atoms in total. The molecule has 0 atom stereocenters. The fraction of sp³-hybridized carbons (Fsp3) is 0.636. The molecule has 0 aromatic heterocycles. The Morgan fingerprint density at radius 2 is 1.48 bits per heavy atom. The molecule has 162 valence electrons. The fourth-order valence-corrected chi connectivity index (χ4v) is 3.39. The molecule has 1 aliphatic rings. The maximum absolute atomic E-state index is 12.5. The van der Waals surface area contributed by atoms with E-state index in [0.717, 1.165) is 25.7 Å². The van der Waals surface area contributed by atoms with E-state index in [2.05, 4.69) is 12.2 Å².